The molecule has 26 heavy (non-hydrogen) atoms. The van der Waals surface area contributed by atoms with Crippen molar-refractivity contribution in [1.29, 1.82) is 0 Å². The van der Waals surface area contributed by atoms with Crippen molar-refractivity contribution >= 4 is 18.3 Å². The Morgan fingerprint density at radius 2 is 1.88 bits per heavy atom. The predicted octanol–water partition coefficient (Wildman–Crippen LogP) is 3.57. The molecular formula is C21H33ClN2O2. The molecular weight excluding hydrogens is 348 g/mol. The average molecular weight is 381 g/mol. The Kier molecular flexibility index (Phi) is 7.93. The molecule has 1 aliphatic heterocycles. The van der Waals surface area contributed by atoms with Crippen LogP contribution in [-0.2, 0) is 16.0 Å². The van der Waals surface area contributed by atoms with E-state index < -0.39 is 0 Å². The molecule has 1 aromatic rings. The van der Waals surface area contributed by atoms with Gasteiger partial charge in [0.1, 0.15) is 0 Å². The molecule has 1 aliphatic carbocycles. The number of rotatable bonds is 5. The first-order valence-corrected chi connectivity index (χ1v) is 9.79. The number of piperidine rings is 1. The SMILES string of the molecule is CC1(N)CCCCC1C(=O)N1CCC(OCCc2ccccc2)CC1.Cl. The van der Waals surface area contributed by atoms with E-state index in [1.807, 2.05) is 17.9 Å². The Bertz CT molecular complexity index is 556. The van der Waals surface area contributed by atoms with Gasteiger partial charge in [-0.2, -0.15) is 0 Å². The van der Waals surface area contributed by atoms with Gasteiger partial charge >= 0.3 is 0 Å². The highest BCUT2D eigenvalue weighted by molar-refractivity contribution is 5.85. The van der Waals surface area contributed by atoms with E-state index in [-0.39, 0.29) is 35.9 Å². The zero-order valence-electron chi connectivity index (χ0n) is 15.9. The van der Waals surface area contributed by atoms with Crippen LogP contribution in [0.15, 0.2) is 30.3 Å². The van der Waals surface area contributed by atoms with Crippen molar-refractivity contribution in [3.63, 3.8) is 0 Å². The van der Waals surface area contributed by atoms with Crippen LogP contribution in [0.25, 0.3) is 0 Å². The molecule has 2 fully saturated rings. The van der Waals surface area contributed by atoms with E-state index in [0.717, 1.165) is 64.6 Å². The maximum absolute atomic E-state index is 12.9. The molecule has 0 aromatic heterocycles. The highest BCUT2D eigenvalue weighted by atomic mass is 35.5. The first-order chi connectivity index (χ1) is 12.1. The van der Waals surface area contributed by atoms with E-state index in [2.05, 4.69) is 24.3 Å². The van der Waals surface area contributed by atoms with Gasteiger partial charge in [-0.1, -0.05) is 43.2 Å². The minimum absolute atomic E-state index is 0. The second-order valence-electron chi connectivity index (χ2n) is 7.94. The van der Waals surface area contributed by atoms with Crippen molar-refractivity contribution in [2.24, 2.45) is 11.7 Å². The third-order valence-electron chi connectivity index (χ3n) is 5.89. The number of ether oxygens (including phenoxy) is 1. The summed E-state index contributed by atoms with van der Waals surface area (Å²) in [5.41, 5.74) is 7.39. The summed E-state index contributed by atoms with van der Waals surface area (Å²) < 4.78 is 6.04. The summed E-state index contributed by atoms with van der Waals surface area (Å²) in [6.07, 6.45) is 7.29. The van der Waals surface area contributed by atoms with Gasteiger partial charge in [0.2, 0.25) is 5.91 Å². The monoisotopic (exact) mass is 380 g/mol. The maximum atomic E-state index is 12.9. The van der Waals surface area contributed by atoms with E-state index >= 15 is 0 Å². The number of likely N-dealkylation sites (tertiary alicyclic amines) is 1. The van der Waals surface area contributed by atoms with Gasteiger partial charge in [-0.3, -0.25) is 4.79 Å². The number of nitrogens with zero attached hydrogens (tertiary/aromatic N) is 1. The van der Waals surface area contributed by atoms with E-state index in [0.29, 0.717) is 0 Å². The van der Waals surface area contributed by atoms with Crippen LogP contribution < -0.4 is 5.73 Å². The Balaban J connectivity index is 0.00000243. The lowest BCUT2D eigenvalue weighted by Gasteiger charge is -2.41. The van der Waals surface area contributed by atoms with Gasteiger partial charge < -0.3 is 15.4 Å². The summed E-state index contributed by atoms with van der Waals surface area (Å²) in [7, 11) is 0. The molecule has 0 bridgehead atoms. The van der Waals surface area contributed by atoms with Crippen LogP contribution >= 0.6 is 12.4 Å². The van der Waals surface area contributed by atoms with E-state index in [9.17, 15) is 4.79 Å². The quantitative estimate of drug-likeness (QED) is 0.849. The lowest BCUT2D eigenvalue weighted by Crippen LogP contribution is -2.55. The third-order valence-corrected chi connectivity index (χ3v) is 5.89. The number of halogens is 1. The summed E-state index contributed by atoms with van der Waals surface area (Å²) in [4.78, 5) is 14.9. The van der Waals surface area contributed by atoms with Gasteiger partial charge in [-0.25, -0.2) is 0 Å². The van der Waals surface area contributed by atoms with Crippen LogP contribution in [-0.4, -0.2) is 42.1 Å². The number of carbonyl (C=O) groups excluding carboxylic acids is 1. The molecule has 0 radical (unpaired) electrons. The van der Waals surface area contributed by atoms with Crippen LogP contribution in [0.2, 0.25) is 0 Å². The van der Waals surface area contributed by atoms with Gasteiger partial charge in [0, 0.05) is 18.6 Å². The molecule has 1 heterocycles. The minimum atomic E-state index is -0.335. The largest absolute Gasteiger partial charge is 0.378 e. The van der Waals surface area contributed by atoms with Crippen LogP contribution in [0.1, 0.15) is 51.0 Å². The number of hydrogen-bond donors (Lipinski definition) is 1. The number of nitrogens with two attached hydrogens (primary N) is 1. The second-order valence-corrected chi connectivity index (χ2v) is 7.94. The lowest BCUT2D eigenvalue weighted by atomic mass is 9.74. The standard InChI is InChI=1S/C21H32N2O2.ClH/c1-21(22)13-6-5-9-19(21)20(24)23-14-10-18(11-15-23)25-16-12-17-7-3-2-4-8-17;/h2-4,7-8,18-19H,5-6,9-16,22H2,1H3;1H. The fourth-order valence-electron chi connectivity index (χ4n) is 4.22. The van der Waals surface area contributed by atoms with Crippen molar-refractivity contribution in [3.05, 3.63) is 35.9 Å². The van der Waals surface area contributed by atoms with E-state index in [1.54, 1.807) is 0 Å². The molecule has 1 amide bonds. The average Bonchev–Trinajstić information content (AvgIpc) is 2.62. The molecule has 1 aromatic carbocycles. The molecule has 2 atom stereocenters. The molecule has 2 N–H and O–H groups in total. The summed E-state index contributed by atoms with van der Waals surface area (Å²) >= 11 is 0. The molecule has 4 nitrogen and oxygen atoms in total. The molecule has 3 rings (SSSR count). The molecule has 0 spiro atoms. The fraction of sp³-hybridized carbons (Fsp3) is 0.667. The van der Waals surface area contributed by atoms with Gasteiger partial charge in [0.05, 0.1) is 18.6 Å². The molecule has 1 saturated heterocycles. The second kappa shape index (κ2) is 9.72. The Hall–Kier alpha value is -1.10. The molecule has 1 saturated carbocycles. The van der Waals surface area contributed by atoms with Crippen LogP contribution in [0, 0.1) is 5.92 Å². The Labute approximate surface area is 163 Å². The van der Waals surface area contributed by atoms with Gasteiger partial charge in [0.25, 0.3) is 0 Å². The molecule has 5 heteroatoms. The summed E-state index contributed by atoms with van der Waals surface area (Å²) in [6, 6.07) is 10.4. The Morgan fingerprint density at radius 1 is 1.19 bits per heavy atom. The molecule has 146 valence electrons. The highest BCUT2D eigenvalue weighted by Crippen LogP contribution is 2.33. The van der Waals surface area contributed by atoms with Crippen molar-refractivity contribution < 1.29 is 9.53 Å². The van der Waals surface area contributed by atoms with E-state index in [4.69, 9.17) is 10.5 Å². The Morgan fingerprint density at radius 3 is 2.54 bits per heavy atom. The van der Waals surface area contributed by atoms with Gasteiger partial charge in [0.15, 0.2) is 0 Å². The van der Waals surface area contributed by atoms with Crippen LogP contribution in [0.4, 0.5) is 0 Å². The smallest absolute Gasteiger partial charge is 0.227 e. The lowest BCUT2D eigenvalue weighted by molar-refractivity contribution is -0.141. The van der Waals surface area contributed by atoms with E-state index in [1.165, 1.54) is 5.56 Å². The van der Waals surface area contributed by atoms with Crippen molar-refractivity contribution in [2.45, 2.75) is 63.5 Å². The normalized spacial score (nSPS) is 27.0. The van der Waals surface area contributed by atoms with Crippen LogP contribution in [0.5, 0.6) is 0 Å². The number of benzene rings is 1. The molecule has 2 aliphatic rings. The predicted molar refractivity (Wildman–Crippen MR) is 107 cm³/mol. The fourth-order valence-corrected chi connectivity index (χ4v) is 4.22. The number of amides is 1. The minimum Gasteiger partial charge on any atom is -0.378 e. The van der Waals surface area contributed by atoms with Gasteiger partial charge in [-0.15, -0.1) is 12.4 Å². The zero-order chi connectivity index (χ0) is 17.7. The van der Waals surface area contributed by atoms with Crippen molar-refractivity contribution in [2.75, 3.05) is 19.7 Å². The number of hydrogen-bond acceptors (Lipinski definition) is 3. The van der Waals surface area contributed by atoms with Crippen LogP contribution in [0.3, 0.4) is 0 Å². The van der Waals surface area contributed by atoms with Crippen molar-refractivity contribution in [3.8, 4) is 0 Å². The first kappa shape index (κ1) is 21.2. The van der Waals surface area contributed by atoms with Gasteiger partial charge in [-0.05, 0) is 44.6 Å². The zero-order valence-corrected chi connectivity index (χ0v) is 16.7. The maximum Gasteiger partial charge on any atom is 0.227 e. The highest BCUT2D eigenvalue weighted by Gasteiger charge is 2.40. The summed E-state index contributed by atoms with van der Waals surface area (Å²) in [6.45, 7) is 4.42. The number of carbonyl (C=O) groups is 1. The molecule has 2 unspecified atom stereocenters. The summed E-state index contributed by atoms with van der Waals surface area (Å²) in [5, 5.41) is 0. The first-order valence-electron chi connectivity index (χ1n) is 9.79. The summed E-state index contributed by atoms with van der Waals surface area (Å²) in [5.74, 6) is 0.268. The topological polar surface area (TPSA) is 55.6 Å². The van der Waals surface area contributed by atoms with Crippen molar-refractivity contribution in [1.82, 2.24) is 4.90 Å². The third kappa shape index (κ3) is 5.45.